The molecule has 0 aromatic rings. The van der Waals surface area contributed by atoms with E-state index in [1.807, 2.05) is 6.92 Å². The van der Waals surface area contributed by atoms with Crippen LogP contribution in [0.25, 0.3) is 0 Å². The maximum absolute atomic E-state index is 12.1. The Labute approximate surface area is 125 Å². The van der Waals surface area contributed by atoms with Crippen molar-refractivity contribution >= 4 is 17.8 Å². The number of carbonyl (C=O) groups is 3. The Balaban J connectivity index is 2.52. The number of carboxylic acid groups (broad SMARTS) is 1. The van der Waals surface area contributed by atoms with Gasteiger partial charge in [0.05, 0.1) is 13.1 Å². The zero-order valence-corrected chi connectivity index (χ0v) is 13.0. The minimum atomic E-state index is -0.985. The Morgan fingerprint density at radius 3 is 2.62 bits per heavy atom. The lowest BCUT2D eigenvalue weighted by Gasteiger charge is -2.31. The maximum Gasteiger partial charge on any atom is 0.323 e. The monoisotopic (exact) mass is 299 g/mol. The first-order valence-corrected chi connectivity index (χ1v) is 7.30. The zero-order chi connectivity index (χ0) is 16.0. The minimum absolute atomic E-state index is 0.00351. The van der Waals surface area contributed by atoms with E-state index >= 15 is 0 Å². The summed E-state index contributed by atoms with van der Waals surface area (Å²) >= 11 is 0. The lowest BCUT2D eigenvalue weighted by atomic mass is 9.99. The van der Waals surface area contributed by atoms with Crippen LogP contribution in [0.2, 0.25) is 0 Å². The average Bonchev–Trinajstić information content (AvgIpc) is 2.79. The third-order valence-electron chi connectivity index (χ3n) is 3.96. The summed E-state index contributed by atoms with van der Waals surface area (Å²) in [6.45, 7) is 4.80. The third kappa shape index (κ3) is 4.42. The van der Waals surface area contributed by atoms with Gasteiger partial charge in [0, 0.05) is 13.6 Å². The van der Waals surface area contributed by atoms with Gasteiger partial charge in [0.15, 0.2) is 0 Å². The molecule has 0 saturated carbocycles. The molecule has 1 atom stereocenters. The molecule has 120 valence electrons. The molecule has 1 aliphatic heterocycles. The highest BCUT2D eigenvalue weighted by Gasteiger charge is 2.44. The van der Waals surface area contributed by atoms with Crippen LogP contribution >= 0.6 is 0 Å². The highest BCUT2D eigenvalue weighted by molar-refractivity contribution is 5.86. The first-order valence-electron chi connectivity index (χ1n) is 7.30. The van der Waals surface area contributed by atoms with E-state index in [2.05, 4.69) is 5.32 Å². The summed E-state index contributed by atoms with van der Waals surface area (Å²) in [4.78, 5) is 38.1. The van der Waals surface area contributed by atoms with Gasteiger partial charge in [0.1, 0.15) is 5.54 Å². The summed E-state index contributed by atoms with van der Waals surface area (Å²) < 4.78 is 0. The predicted molar refractivity (Wildman–Crippen MR) is 77.8 cm³/mol. The lowest BCUT2D eigenvalue weighted by Crippen LogP contribution is -2.52. The van der Waals surface area contributed by atoms with E-state index < -0.39 is 11.5 Å². The number of carbonyl (C=O) groups excluding carboxylic acids is 2. The second-order valence-corrected chi connectivity index (χ2v) is 5.70. The van der Waals surface area contributed by atoms with Crippen molar-refractivity contribution in [2.75, 3.05) is 33.2 Å². The molecule has 1 unspecified atom stereocenters. The van der Waals surface area contributed by atoms with Gasteiger partial charge < -0.3 is 15.3 Å². The van der Waals surface area contributed by atoms with Crippen molar-refractivity contribution in [1.82, 2.24) is 15.1 Å². The summed E-state index contributed by atoms with van der Waals surface area (Å²) in [5, 5.41) is 12.0. The van der Waals surface area contributed by atoms with Crippen LogP contribution < -0.4 is 5.32 Å². The van der Waals surface area contributed by atoms with Gasteiger partial charge in [-0.25, -0.2) is 0 Å². The van der Waals surface area contributed by atoms with E-state index in [0.717, 1.165) is 12.8 Å². The van der Waals surface area contributed by atoms with Gasteiger partial charge in [-0.05, 0) is 32.7 Å². The number of hydrogen-bond donors (Lipinski definition) is 2. The standard InChI is InChI=1S/C14H25N3O4/c1-4-7-15-11(18)9-16(3)12(19)10-17-8-5-6-14(17,2)13(20)21/h4-10H2,1-3H3,(H,15,18)(H,20,21). The molecule has 1 heterocycles. The second-order valence-electron chi connectivity index (χ2n) is 5.70. The van der Waals surface area contributed by atoms with Crippen molar-refractivity contribution in [2.45, 2.75) is 38.6 Å². The molecule has 0 bridgehead atoms. The maximum atomic E-state index is 12.1. The lowest BCUT2D eigenvalue weighted by molar-refractivity contribution is -0.150. The van der Waals surface area contributed by atoms with Crippen molar-refractivity contribution in [3.8, 4) is 0 Å². The van der Waals surface area contributed by atoms with Gasteiger partial charge in [0.2, 0.25) is 11.8 Å². The first kappa shape index (κ1) is 17.4. The molecule has 1 rings (SSSR count). The number of carboxylic acids is 1. The number of nitrogens with zero attached hydrogens (tertiary/aromatic N) is 2. The van der Waals surface area contributed by atoms with E-state index in [0.29, 0.717) is 19.5 Å². The van der Waals surface area contributed by atoms with Crippen LogP contribution in [0.4, 0.5) is 0 Å². The van der Waals surface area contributed by atoms with E-state index in [-0.39, 0.29) is 24.9 Å². The molecule has 1 aliphatic rings. The topological polar surface area (TPSA) is 90.0 Å². The number of likely N-dealkylation sites (tertiary alicyclic amines) is 1. The second kappa shape index (κ2) is 7.40. The Kier molecular flexibility index (Phi) is 6.14. The Hall–Kier alpha value is -1.63. The summed E-state index contributed by atoms with van der Waals surface area (Å²) in [5.74, 6) is -1.35. The van der Waals surface area contributed by atoms with Crippen LogP contribution in [0, 0.1) is 0 Å². The van der Waals surface area contributed by atoms with E-state index in [9.17, 15) is 19.5 Å². The van der Waals surface area contributed by atoms with Crippen LogP contribution in [0.5, 0.6) is 0 Å². The number of nitrogens with one attached hydrogen (secondary N) is 1. The van der Waals surface area contributed by atoms with Crippen molar-refractivity contribution in [3.05, 3.63) is 0 Å². The van der Waals surface area contributed by atoms with Gasteiger partial charge in [-0.2, -0.15) is 0 Å². The van der Waals surface area contributed by atoms with Crippen molar-refractivity contribution in [2.24, 2.45) is 0 Å². The quantitative estimate of drug-likeness (QED) is 0.686. The highest BCUT2D eigenvalue weighted by Crippen LogP contribution is 2.28. The highest BCUT2D eigenvalue weighted by atomic mass is 16.4. The van der Waals surface area contributed by atoms with E-state index in [1.54, 1.807) is 18.9 Å². The smallest absolute Gasteiger partial charge is 0.323 e. The molecule has 0 radical (unpaired) electrons. The van der Waals surface area contributed by atoms with Gasteiger partial charge in [0.25, 0.3) is 0 Å². The van der Waals surface area contributed by atoms with Gasteiger partial charge >= 0.3 is 5.97 Å². The van der Waals surface area contributed by atoms with E-state index in [4.69, 9.17) is 0 Å². The number of aliphatic carboxylic acids is 1. The fraction of sp³-hybridized carbons (Fsp3) is 0.786. The largest absolute Gasteiger partial charge is 0.480 e. The Morgan fingerprint density at radius 1 is 1.38 bits per heavy atom. The van der Waals surface area contributed by atoms with Crippen LogP contribution in [-0.2, 0) is 14.4 Å². The normalized spacial score (nSPS) is 22.0. The molecule has 0 aliphatic carbocycles. The Morgan fingerprint density at radius 2 is 2.05 bits per heavy atom. The van der Waals surface area contributed by atoms with Crippen molar-refractivity contribution in [1.29, 1.82) is 0 Å². The molecule has 2 amide bonds. The van der Waals surface area contributed by atoms with Crippen molar-refractivity contribution < 1.29 is 19.5 Å². The molecule has 0 spiro atoms. The van der Waals surface area contributed by atoms with E-state index in [1.165, 1.54) is 4.90 Å². The number of likely N-dealkylation sites (N-methyl/N-ethyl adjacent to an activating group) is 1. The molecule has 1 saturated heterocycles. The summed E-state index contributed by atoms with van der Waals surface area (Å²) in [5.41, 5.74) is -0.985. The molecule has 7 heteroatoms. The predicted octanol–water partition coefficient (Wildman–Crippen LogP) is -0.0899. The molecule has 0 aromatic carbocycles. The molecule has 7 nitrogen and oxygen atoms in total. The van der Waals surface area contributed by atoms with Gasteiger partial charge in [-0.3, -0.25) is 19.3 Å². The summed E-state index contributed by atoms with van der Waals surface area (Å²) in [6.07, 6.45) is 2.14. The van der Waals surface area contributed by atoms with Gasteiger partial charge in [-0.15, -0.1) is 0 Å². The molecule has 21 heavy (non-hydrogen) atoms. The average molecular weight is 299 g/mol. The number of amides is 2. The third-order valence-corrected chi connectivity index (χ3v) is 3.96. The first-order chi connectivity index (χ1) is 9.81. The molecular formula is C14H25N3O4. The molecule has 2 N–H and O–H groups in total. The van der Waals surface area contributed by atoms with Crippen LogP contribution in [0.15, 0.2) is 0 Å². The zero-order valence-electron chi connectivity index (χ0n) is 13.0. The van der Waals surface area contributed by atoms with Crippen LogP contribution in [-0.4, -0.2) is 71.5 Å². The van der Waals surface area contributed by atoms with Crippen LogP contribution in [0.3, 0.4) is 0 Å². The minimum Gasteiger partial charge on any atom is -0.480 e. The summed E-state index contributed by atoms with van der Waals surface area (Å²) in [6, 6.07) is 0. The number of hydrogen-bond acceptors (Lipinski definition) is 4. The molecule has 0 aromatic heterocycles. The Bertz CT molecular complexity index is 413. The number of rotatable bonds is 7. The van der Waals surface area contributed by atoms with Crippen molar-refractivity contribution in [3.63, 3.8) is 0 Å². The van der Waals surface area contributed by atoms with Gasteiger partial charge in [-0.1, -0.05) is 6.92 Å². The SMILES string of the molecule is CCCNC(=O)CN(C)C(=O)CN1CCCC1(C)C(=O)O. The fourth-order valence-electron chi connectivity index (χ4n) is 2.42. The van der Waals surface area contributed by atoms with Crippen LogP contribution in [0.1, 0.15) is 33.1 Å². The molecule has 1 fully saturated rings. The summed E-state index contributed by atoms with van der Waals surface area (Å²) in [7, 11) is 1.56. The molecular weight excluding hydrogens is 274 g/mol. The fourth-order valence-corrected chi connectivity index (χ4v) is 2.42.